The third kappa shape index (κ3) is 3.98. The molecule has 0 saturated carbocycles. The number of carbonyl (C=O) groups is 1. The molecule has 1 aromatic carbocycles. The standard InChI is InChI=1S/C14H16O4/c1-11(15)18-13-7-8-14(17-10-13)16-9-12-5-3-2-4-6-12/h2-8,13-14H,9-10H2,1H3/t13-,14?/m1/s1. The molecule has 0 fully saturated rings. The molecular weight excluding hydrogens is 232 g/mol. The van der Waals surface area contributed by atoms with Crippen LogP contribution < -0.4 is 0 Å². The van der Waals surface area contributed by atoms with E-state index in [2.05, 4.69) is 0 Å². The Kier molecular flexibility index (Phi) is 4.50. The number of benzene rings is 1. The highest BCUT2D eigenvalue weighted by atomic mass is 16.7. The summed E-state index contributed by atoms with van der Waals surface area (Å²) in [6.45, 7) is 2.20. The zero-order chi connectivity index (χ0) is 12.8. The quantitative estimate of drug-likeness (QED) is 0.604. The lowest BCUT2D eigenvalue weighted by Gasteiger charge is -2.23. The van der Waals surface area contributed by atoms with Gasteiger partial charge < -0.3 is 14.2 Å². The van der Waals surface area contributed by atoms with Crippen molar-refractivity contribution in [3.63, 3.8) is 0 Å². The molecule has 18 heavy (non-hydrogen) atoms. The molecule has 0 spiro atoms. The molecule has 0 aromatic heterocycles. The van der Waals surface area contributed by atoms with Gasteiger partial charge in [-0.2, -0.15) is 0 Å². The Balaban J connectivity index is 1.77. The molecule has 0 amide bonds. The van der Waals surface area contributed by atoms with Crippen LogP contribution in [0.3, 0.4) is 0 Å². The van der Waals surface area contributed by atoms with Gasteiger partial charge in [0.2, 0.25) is 0 Å². The van der Waals surface area contributed by atoms with E-state index >= 15 is 0 Å². The van der Waals surface area contributed by atoms with Gasteiger partial charge in [-0.3, -0.25) is 4.79 Å². The normalized spacial score (nSPS) is 22.7. The van der Waals surface area contributed by atoms with Gasteiger partial charge in [0.1, 0.15) is 6.10 Å². The summed E-state index contributed by atoms with van der Waals surface area (Å²) in [6, 6.07) is 9.88. The molecule has 2 rings (SSSR count). The van der Waals surface area contributed by atoms with Crippen molar-refractivity contribution in [1.82, 2.24) is 0 Å². The van der Waals surface area contributed by atoms with Gasteiger partial charge in [0.05, 0.1) is 13.2 Å². The Bertz CT molecular complexity index is 413. The largest absolute Gasteiger partial charge is 0.456 e. The van der Waals surface area contributed by atoms with Crippen LogP contribution in [-0.4, -0.2) is 25.0 Å². The third-order valence-electron chi connectivity index (χ3n) is 2.48. The van der Waals surface area contributed by atoms with Crippen LogP contribution in [0.2, 0.25) is 0 Å². The number of esters is 1. The van der Waals surface area contributed by atoms with Crippen molar-refractivity contribution in [2.45, 2.75) is 25.9 Å². The van der Waals surface area contributed by atoms with Crippen molar-refractivity contribution >= 4 is 5.97 Å². The van der Waals surface area contributed by atoms with Gasteiger partial charge in [-0.05, 0) is 17.7 Å². The molecule has 96 valence electrons. The molecule has 1 aliphatic heterocycles. The second-order valence-electron chi connectivity index (χ2n) is 4.03. The molecule has 0 bridgehead atoms. The van der Waals surface area contributed by atoms with Crippen LogP contribution in [-0.2, 0) is 25.6 Å². The molecule has 0 aliphatic carbocycles. The number of ether oxygens (including phenoxy) is 3. The van der Waals surface area contributed by atoms with Gasteiger partial charge in [0.15, 0.2) is 6.29 Å². The highest BCUT2D eigenvalue weighted by Gasteiger charge is 2.18. The summed E-state index contributed by atoms with van der Waals surface area (Å²) in [7, 11) is 0. The minimum atomic E-state index is -0.378. The van der Waals surface area contributed by atoms with Crippen molar-refractivity contribution in [2.75, 3.05) is 6.61 Å². The van der Waals surface area contributed by atoms with E-state index in [4.69, 9.17) is 14.2 Å². The summed E-state index contributed by atoms with van der Waals surface area (Å²) < 4.78 is 16.0. The molecule has 1 unspecified atom stereocenters. The fourth-order valence-corrected chi connectivity index (χ4v) is 1.66. The van der Waals surface area contributed by atoms with Gasteiger partial charge in [0, 0.05) is 6.92 Å². The van der Waals surface area contributed by atoms with E-state index in [1.54, 1.807) is 12.2 Å². The fraction of sp³-hybridized carbons (Fsp3) is 0.357. The van der Waals surface area contributed by atoms with Crippen molar-refractivity contribution in [2.24, 2.45) is 0 Å². The maximum absolute atomic E-state index is 10.8. The predicted molar refractivity (Wildman–Crippen MR) is 65.7 cm³/mol. The molecule has 0 N–H and O–H groups in total. The minimum Gasteiger partial charge on any atom is -0.456 e. The summed E-state index contributed by atoms with van der Waals surface area (Å²) in [5, 5.41) is 0. The first-order valence-corrected chi connectivity index (χ1v) is 5.87. The van der Waals surface area contributed by atoms with Crippen LogP contribution in [0.25, 0.3) is 0 Å². The highest BCUT2D eigenvalue weighted by molar-refractivity contribution is 5.66. The van der Waals surface area contributed by atoms with Crippen LogP contribution in [0.4, 0.5) is 0 Å². The van der Waals surface area contributed by atoms with E-state index in [-0.39, 0.29) is 18.4 Å². The molecule has 4 nitrogen and oxygen atoms in total. The zero-order valence-electron chi connectivity index (χ0n) is 10.2. The van der Waals surface area contributed by atoms with Crippen molar-refractivity contribution in [1.29, 1.82) is 0 Å². The molecule has 1 aliphatic rings. The average Bonchev–Trinajstić information content (AvgIpc) is 2.38. The monoisotopic (exact) mass is 248 g/mol. The summed E-state index contributed by atoms with van der Waals surface area (Å²) in [4.78, 5) is 10.8. The number of rotatable bonds is 4. The van der Waals surface area contributed by atoms with Gasteiger partial charge in [-0.1, -0.05) is 30.3 Å². The first kappa shape index (κ1) is 12.8. The van der Waals surface area contributed by atoms with Crippen LogP contribution >= 0.6 is 0 Å². The number of carbonyl (C=O) groups excluding carboxylic acids is 1. The third-order valence-corrected chi connectivity index (χ3v) is 2.48. The van der Waals surface area contributed by atoms with Crippen LogP contribution in [0.15, 0.2) is 42.5 Å². The lowest BCUT2D eigenvalue weighted by Crippen LogP contribution is -2.29. The lowest BCUT2D eigenvalue weighted by molar-refractivity contribution is -0.163. The molecule has 0 radical (unpaired) electrons. The van der Waals surface area contributed by atoms with Crippen LogP contribution in [0, 0.1) is 0 Å². The highest BCUT2D eigenvalue weighted by Crippen LogP contribution is 2.12. The number of hydrogen-bond donors (Lipinski definition) is 0. The Morgan fingerprint density at radius 1 is 1.33 bits per heavy atom. The first-order chi connectivity index (χ1) is 8.74. The summed E-state index contributed by atoms with van der Waals surface area (Å²) in [5.74, 6) is -0.308. The molecule has 2 atom stereocenters. The topological polar surface area (TPSA) is 44.8 Å². The van der Waals surface area contributed by atoms with Crippen molar-refractivity contribution in [3.8, 4) is 0 Å². The van der Waals surface area contributed by atoms with Crippen molar-refractivity contribution in [3.05, 3.63) is 48.0 Å². The van der Waals surface area contributed by atoms with E-state index in [9.17, 15) is 4.79 Å². The average molecular weight is 248 g/mol. The van der Waals surface area contributed by atoms with E-state index in [0.29, 0.717) is 13.2 Å². The Morgan fingerprint density at radius 2 is 2.11 bits per heavy atom. The maximum atomic E-state index is 10.8. The molecule has 0 saturated heterocycles. The number of hydrogen-bond acceptors (Lipinski definition) is 4. The van der Waals surface area contributed by atoms with Gasteiger partial charge in [-0.25, -0.2) is 0 Å². The maximum Gasteiger partial charge on any atom is 0.303 e. The summed E-state index contributed by atoms with van der Waals surface area (Å²) in [6.07, 6.45) is 2.87. The Labute approximate surface area is 106 Å². The van der Waals surface area contributed by atoms with Gasteiger partial charge in [-0.15, -0.1) is 0 Å². The minimum absolute atomic E-state index is 0.306. The molecule has 4 heteroatoms. The van der Waals surface area contributed by atoms with E-state index < -0.39 is 0 Å². The lowest BCUT2D eigenvalue weighted by atomic mass is 10.2. The summed E-state index contributed by atoms with van der Waals surface area (Å²) >= 11 is 0. The van der Waals surface area contributed by atoms with E-state index in [1.165, 1.54) is 6.92 Å². The first-order valence-electron chi connectivity index (χ1n) is 5.87. The second-order valence-corrected chi connectivity index (χ2v) is 4.03. The Morgan fingerprint density at radius 3 is 2.72 bits per heavy atom. The van der Waals surface area contributed by atoms with E-state index in [0.717, 1.165) is 5.56 Å². The van der Waals surface area contributed by atoms with Crippen LogP contribution in [0.1, 0.15) is 12.5 Å². The van der Waals surface area contributed by atoms with Gasteiger partial charge in [0.25, 0.3) is 0 Å². The summed E-state index contributed by atoms with van der Waals surface area (Å²) in [5.41, 5.74) is 1.09. The predicted octanol–water partition coefficient (Wildman–Crippen LogP) is 2.05. The fourth-order valence-electron chi connectivity index (χ4n) is 1.66. The second kappa shape index (κ2) is 6.33. The SMILES string of the molecule is CC(=O)O[C@@H]1C=CC(OCc2ccccc2)OC1. The Hall–Kier alpha value is -1.65. The zero-order valence-corrected chi connectivity index (χ0v) is 10.2. The molecule has 1 heterocycles. The van der Waals surface area contributed by atoms with Crippen molar-refractivity contribution < 1.29 is 19.0 Å². The van der Waals surface area contributed by atoms with Gasteiger partial charge >= 0.3 is 5.97 Å². The van der Waals surface area contributed by atoms with Crippen LogP contribution in [0.5, 0.6) is 0 Å². The molecule has 1 aromatic rings. The molecular formula is C14H16O4. The smallest absolute Gasteiger partial charge is 0.303 e. The van der Waals surface area contributed by atoms with E-state index in [1.807, 2.05) is 30.3 Å².